The van der Waals surface area contributed by atoms with E-state index in [1.54, 1.807) is 18.2 Å². The van der Waals surface area contributed by atoms with Crippen molar-refractivity contribution in [1.82, 2.24) is 15.0 Å². The molecule has 4 nitrogen and oxygen atoms in total. The molecule has 134 valence electrons. The molecule has 3 aromatic rings. The van der Waals surface area contributed by atoms with E-state index in [2.05, 4.69) is 20.3 Å². The van der Waals surface area contributed by atoms with Crippen LogP contribution in [0.25, 0.3) is 11.5 Å². The largest absolute Gasteiger partial charge is 0.433 e. The highest BCUT2D eigenvalue weighted by Crippen LogP contribution is 2.33. The van der Waals surface area contributed by atoms with Gasteiger partial charge in [0.2, 0.25) is 0 Å². The fourth-order valence-electron chi connectivity index (χ4n) is 2.54. The van der Waals surface area contributed by atoms with E-state index in [1.165, 1.54) is 13.1 Å². The second-order valence-electron chi connectivity index (χ2n) is 5.74. The van der Waals surface area contributed by atoms with Crippen LogP contribution < -0.4 is 5.32 Å². The average molecular weight is 358 g/mol. The number of anilines is 1. The second kappa shape index (κ2) is 7.51. The van der Waals surface area contributed by atoms with Gasteiger partial charge in [-0.3, -0.25) is 4.98 Å². The lowest BCUT2D eigenvalue weighted by atomic mass is 10.1. The van der Waals surface area contributed by atoms with Crippen molar-refractivity contribution in [3.63, 3.8) is 0 Å². The van der Waals surface area contributed by atoms with Crippen LogP contribution in [0.15, 0.2) is 54.7 Å². The molecule has 0 spiro atoms. The maximum Gasteiger partial charge on any atom is 0.433 e. The highest BCUT2D eigenvalue weighted by atomic mass is 19.4. The molecule has 26 heavy (non-hydrogen) atoms. The van der Waals surface area contributed by atoms with E-state index in [-0.39, 0.29) is 17.2 Å². The first-order chi connectivity index (χ1) is 12.4. The molecule has 0 aliphatic rings. The van der Waals surface area contributed by atoms with E-state index in [0.29, 0.717) is 18.7 Å². The van der Waals surface area contributed by atoms with Crippen molar-refractivity contribution in [3.05, 3.63) is 71.5 Å². The van der Waals surface area contributed by atoms with Crippen LogP contribution in [0.3, 0.4) is 0 Å². The Kier molecular flexibility index (Phi) is 5.16. The number of benzene rings is 1. The number of aromatic nitrogens is 3. The number of pyridine rings is 1. The summed E-state index contributed by atoms with van der Waals surface area (Å²) in [4.78, 5) is 12.0. The Bertz CT molecular complexity index is 865. The van der Waals surface area contributed by atoms with Crippen molar-refractivity contribution in [2.45, 2.75) is 19.5 Å². The van der Waals surface area contributed by atoms with Crippen LogP contribution in [0.4, 0.5) is 19.0 Å². The van der Waals surface area contributed by atoms with Gasteiger partial charge in [-0.15, -0.1) is 0 Å². The minimum absolute atomic E-state index is 0.0229. The fraction of sp³-hybridized carbons (Fsp3) is 0.211. The number of halogens is 3. The van der Waals surface area contributed by atoms with Gasteiger partial charge in [0.1, 0.15) is 11.5 Å². The standard InChI is InChI=1S/C19H17F3N4/c1-13-16(19(20,21)22)25-18(15-9-5-6-11-23-15)26-17(13)24-12-10-14-7-3-2-4-8-14/h2-9,11H,10,12H2,1H3,(H,24,25,26). The highest BCUT2D eigenvalue weighted by Gasteiger charge is 2.36. The van der Waals surface area contributed by atoms with Crippen LogP contribution in [0.2, 0.25) is 0 Å². The number of nitrogens with zero attached hydrogens (tertiary/aromatic N) is 3. The van der Waals surface area contributed by atoms with Gasteiger partial charge in [-0.2, -0.15) is 13.2 Å². The van der Waals surface area contributed by atoms with E-state index in [1.807, 2.05) is 30.3 Å². The molecular formula is C19H17F3N4. The molecule has 0 unspecified atom stereocenters. The van der Waals surface area contributed by atoms with Crippen molar-refractivity contribution in [2.75, 3.05) is 11.9 Å². The van der Waals surface area contributed by atoms with E-state index < -0.39 is 11.9 Å². The van der Waals surface area contributed by atoms with Crippen LogP contribution in [0.1, 0.15) is 16.8 Å². The number of alkyl halides is 3. The fourth-order valence-corrected chi connectivity index (χ4v) is 2.54. The summed E-state index contributed by atoms with van der Waals surface area (Å²) in [5.74, 6) is 0.120. The monoisotopic (exact) mass is 358 g/mol. The van der Waals surface area contributed by atoms with Crippen molar-refractivity contribution < 1.29 is 13.2 Å². The molecular weight excluding hydrogens is 341 g/mol. The number of hydrogen-bond donors (Lipinski definition) is 1. The normalized spacial score (nSPS) is 11.4. The minimum Gasteiger partial charge on any atom is -0.369 e. The number of rotatable bonds is 5. The van der Waals surface area contributed by atoms with Crippen LogP contribution in [-0.4, -0.2) is 21.5 Å². The van der Waals surface area contributed by atoms with Crippen molar-refractivity contribution in [1.29, 1.82) is 0 Å². The van der Waals surface area contributed by atoms with E-state index >= 15 is 0 Å². The topological polar surface area (TPSA) is 50.7 Å². The third-order valence-corrected chi connectivity index (χ3v) is 3.86. The molecule has 2 aromatic heterocycles. The molecule has 0 amide bonds. The zero-order valence-electron chi connectivity index (χ0n) is 14.1. The Morgan fingerprint density at radius 2 is 1.69 bits per heavy atom. The Morgan fingerprint density at radius 1 is 0.962 bits per heavy atom. The maximum absolute atomic E-state index is 13.4. The van der Waals surface area contributed by atoms with Gasteiger partial charge in [0.25, 0.3) is 0 Å². The Hall–Kier alpha value is -2.96. The van der Waals surface area contributed by atoms with Gasteiger partial charge in [-0.1, -0.05) is 36.4 Å². The smallest absolute Gasteiger partial charge is 0.369 e. The zero-order chi connectivity index (χ0) is 18.6. The first-order valence-electron chi connectivity index (χ1n) is 8.10. The van der Waals surface area contributed by atoms with E-state index in [9.17, 15) is 13.2 Å². The molecule has 0 aliphatic heterocycles. The summed E-state index contributed by atoms with van der Waals surface area (Å²) in [6.45, 7) is 1.83. The van der Waals surface area contributed by atoms with Gasteiger partial charge in [-0.25, -0.2) is 9.97 Å². The summed E-state index contributed by atoms with van der Waals surface area (Å²) in [6.07, 6.45) is -2.40. The lowest BCUT2D eigenvalue weighted by molar-refractivity contribution is -0.141. The first kappa shape index (κ1) is 17.8. The van der Waals surface area contributed by atoms with Gasteiger partial charge in [0.15, 0.2) is 11.5 Å². The molecule has 0 aliphatic carbocycles. The maximum atomic E-state index is 13.4. The van der Waals surface area contributed by atoms with E-state index in [0.717, 1.165) is 5.56 Å². The molecule has 0 saturated carbocycles. The summed E-state index contributed by atoms with van der Waals surface area (Å²) in [6, 6.07) is 14.6. The predicted molar refractivity (Wildman–Crippen MR) is 93.6 cm³/mol. The lowest BCUT2D eigenvalue weighted by Crippen LogP contribution is -2.16. The number of nitrogens with one attached hydrogen (secondary N) is 1. The molecule has 7 heteroatoms. The van der Waals surface area contributed by atoms with Gasteiger partial charge >= 0.3 is 6.18 Å². The summed E-state index contributed by atoms with van der Waals surface area (Å²) in [5.41, 5.74) is 0.414. The van der Waals surface area contributed by atoms with Crippen molar-refractivity contribution >= 4 is 5.82 Å². The van der Waals surface area contributed by atoms with Gasteiger partial charge in [-0.05, 0) is 31.0 Å². The molecule has 0 saturated heterocycles. The minimum atomic E-state index is -4.56. The van der Waals surface area contributed by atoms with Gasteiger partial charge in [0, 0.05) is 18.3 Å². The lowest BCUT2D eigenvalue weighted by Gasteiger charge is -2.15. The summed E-state index contributed by atoms with van der Waals surface area (Å²) >= 11 is 0. The molecule has 1 aromatic carbocycles. The van der Waals surface area contributed by atoms with Crippen molar-refractivity contribution in [2.24, 2.45) is 0 Å². The van der Waals surface area contributed by atoms with Crippen LogP contribution in [0, 0.1) is 6.92 Å². The van der Waals surface area contributed by atoms with Crippen LogP contribution in [-0.2, 0) is 12.6 Å². The quantitative estimate of drug-likeness (QED) is 0.729. The summed E-state index contributed by atoms with van der Waals surface area (Å²) in [7, 11) is 0. The third kappa shape index (κ3) is 4.17. The van der Waals surface area contributed by atoms with Gasteiger partial charge < -0.3 is 5.32 Å². The molecule has 0 atom stereocenters. The SMILES string of the molecule is Cc1c(NCCc2ccccc2)nc(-c2ccccn2)nc1C(F)(F)F. The molecule has 0 bridgehead atoms. The number of hydrogen-bond acceptors (Lipinski definition) is 4. The van der Waals surface area contributed by atoms with Gasteiger partial charge in [0.05, 0.1) is 0 Å². The van der Waals surface area contributed by atoms with Crippen LogP contribution >= 0.6 is 0 Å². The third-order valence-electron chi connectivity index (χ3n) is 3.86. The predicted octanol–water partition coefficient (Wildman–Crippen LogP) is 4.52. The van der Waals surface area contributed by atoms with Crippen LogP contribution in [0.5, 0.6) is 0 Å². The Morgan fingerprint density at radius 3 is 2.35 bits per heavy atom. The molecule has 2 heterocycles. The van der Waals surface area contributed by atoms with E-state index in [4.69, 9.17) is 0 Å². The Labute approximate surface area is 149 Å². The zero-order valence-corrected chi connectivity index (χ0v) is 14.1. The summed E-state index contributed by atoms with van der Waals surface area (Å²) < 4.78 is 40.1. The summed E-state index contributed by atoms with van der Waals surface area (Å²) in [5, 5.41) is 3.01. The molecule has 3 rings (SSSR count). The molecule has 0 radical (unpaired) electrons. The molecule has 0 fully saturated rings. The van der Waals surface area contributed by atoms with Crippen molar-refractivity contribution in [3.8, 4) is 11.5 Å². The Balaban J connectivity index is 1.90. The molecule has 1 N–H and O–H groups in total. The average Bonchev–Trinajstić information content (AvgIpc) is 2.64. The highest BCUT2D eigenvalue weighted by molar-refractivity contribution is 5.56. The first-order valence-corrected chi connectivity index (χ1v) is 8.10. The second-order valence-corrected chi connectivity index (χ2v) is 5.74.